The summed E-state index contributed by atoms with van der Waals surface area (Å²) in [4.78, 5) is 55.9. The van der Waals surface area contributed by atoms with Gasteiger partial charge in [0.05, 0.1) is 18.3 Å². The predicted octanol–water partition coefficient (Wildman–Crippen LogP) is 2.01. The molecule has 0 saturated heterocycles. The molecular weight excluding hydrogens is 484 g/mol. The number of benzene rings is 2. The van der Waals surface area contributed by atoms with Crippen molar-refractivity contribution in [1.29, 1.82) is 0 Å². The van der Waals surface area contributed by atoms with E-state index in [0.29, 0.717) is 11.1 Å². The molecule has 0 aliphatic heterocycles. The van der Waals surface area contributed by atoms with E-state index in [1.807, 2.05) is 18.2 Å². The zero-order valence-corrected chi connectivity index (χ0v) is 21.7. The normalized spacial score (nSPS) is 15.2. The average molecular weight is 517 g/mol. The van der Waals surface area contributed by atoms with Gasteiger partial charge in [-0.15, -0.1) is 0 Å². The van der Waals surface area contributed by atoms with E-state index in [1.165, 1.54) is 23.4 Å². The molecular formula is C28H32N6O4. The molecule has 0 unspecified atom stereocenters. The van der Waals surface area contributed by atoms with Crippen LogP contribution < -0.4 is 26.8 Å². The number of aryl methyl sites for hydroxylation is 1. The van der Waals surface area contributed by atoms with Gasteiger partial charge in [-0.3, -0.25) is 23.7 Å². The second-order valence-electron chi connectivity index (χ2n) is 9.26. The number of hydrogen-bond acceptors (Lipinski definition) is 6. The van der Waals surface area contributed by atoms with Gasteiger partial charge in [-0.2, -0.15) is 0 Å². The topological polar surface area (TPSA) is 134 Å². The number of aromatic nitrogens is 2. The Kier molecular flexibility index (Phi) is 8.32. The summed E-state index contributed by atoms with van der Waals surface area (Å²) in [5, 5.41) is 11.1. The van der Waals surface area contributed by atoms with E-state index in [0.717, 1.165) is 24.8 Å². The molecule has 3 aromatic rings. The van der Waals surface area contributed by atoms with Crippen molar-refractivity contribution in [2.45, 2.75) is 44.8 Å². The van der Waals surface area contributed by atoms with Crippen molar-refractivity contribution in [2.24, 2.45) is 0 Å². The Morgan fingerprint density at radius 3 is 2.66 bits per heavy atom. The number of hydrogen-bond donors (Lipinski definition) is 4. The Morgan fingerprint density at radius 1 is 1.11 bits per heavy atom. The first-order valence-corrected chi connectivity index (χ1v) is 12.6. The highest BCUT2D eigenvalue weighted by Gasteiger charge is 2.23. The maximum absolute atomic E-state index is 13.5. The van der Waals surface area contributed by atoms with Gasteiger partial charge in [-0.25, -0.2) is 4.98 Å². The van der Waals surface area contributed by atoms with Gasteiger partial charge in [0.15, 0.2) is 0 Å². The summed E-state index contributed by atoms with van der Waals surface area (Å²) in [7, 11) is 3.16. The van der Waals surface area contributed by atoms with Crippen molar-refractivity contribution in [3.8, 4) is 11.4 Å². The highest BCUT2D eigenvalue weighted by molar-refractivity contribution is 5.95. The lowest BCUT2D eigenvalue weighted by atomic mass is 9.88. The zero-order chi connectivity index (χ0) is 27.2. The fraction of sp³-hybridized carbons (Fsp3) is 0.321. The molecule has 38 heavy (non-hydrogen) atoms. The lowest BCUT2D eigenvalue weighted by Crippen LogP contribution is -2.40. The average Bonchev–Trinajstić information content (AvgIpc) is 2.94. The molecule has 1 heterocycles. The molecule has 1 aliphatic rings. The molecule has 0 radical (unpaired) electrons. The van der Waals surface area contributed by atoms with E-state index in [2.05, 4.69) is 32.3 Å². The Hall–Kier alpha value is -4.31. The van der Waals surface area contributed by atoms with Crippen LogP contribution in [0.2, 0.25) is 0 Å². The number of amides is 3. The number of likely N-dealkylation sites (N-methyl/N-ethyl adjacent to an activating group) is 1. The highest BCUT2D eigenvalue weighted by atomic mass is 16.2. The first-order valence-electron chi connectivity index (χ1n) is 12.6. The summed E-state index contributed by atoms with van der Waals surface area (Å²) >= 11 is 0. The molecule has 0 saturated carbocycles. The third-order valence-corrected chi connectivity index (χ3v) is 6.75. The molecule has 3 amide bonds. The highest BCUT2D eigenvalue weighted by Crippen LogP contribution is 2.29. The number of fused-ring (bicyclic) bond motifs is 1. The molecule has 10 heteroatoms. The summed E-state index contributed by atoms with van der Waals surface area (Å²) in [5.41, 5.74) is 2.54. The molecule has 0 fully saturated rings. The number of nitrogens with one attached hydrogen (secondary N) is 4. The van der Waals surface area contributed by atoms with Crippen LogP contribution in [0.5, 0.6) is 0 Å². The summed E-state index contributed by atoms with van der Waals surface area (Å²) in [6.07, 6.45) is 3.99. The van der Waals surface area contributed by atoms with E-state index in [9.17, 15) is 19.2 Å². The summed E-state index contributed by atoms with van der Waals surface area (Å²) < 4.78 is 1.23. The second-order valence-corrected chi connectivity index (χ2v) is 9.26. The number of nitrogens with zero attached hydrogens (tertiary/aromatic N) is 2. The molecule has 2 aromatic carbocycles. The third-order valence-electron chi connectivity index (χ3n) is 6.75. The molecule has 198 valence electrons. The first-order chi connectivity index (χ1) is 18.3. The number of carbonyl (C=O) groups is 3. The van der Waals surface area contributed by atoms with Crippen molar-refractivity contribution >= 4 is 23.4 Å². The van der Waals surface area contributed by atoms with Gasteiger partial charge in [0.2, 0.25) is 11.8 Å². The lowest BCUT2D eigenvalue weighted by molar-refractivity contribution is -0.122. The van der Waals surface area contributed by atoms with Crippen LogP contribution in [-0.4, -0.2) is 47.4 Å². The molecule has 0 spiro atoms. The van der Waals surface area contributed by atoms with Gasteiger partial charge in [0.25, 0.3) is 11.5 Å². The van der Waals surface area contributed by atoms with Gasteiger partial charge in [0.1, 0.15) is 18.1 Å². The van der Waals surface area contributed by atoms with Crippen molar-refractivity contribution in [1.82, 2.24) is 25.5 Å². The van der Waals surface area contributed by atoms with E-state index >= 15 is 0 Å². The van der Waals surface area contributed by atoms with Crippen LogP contribution in [-0.2, 0) is 22.6 Å². The largest absolute Gasteiger partial charge is 0.355 e. The third kappa shape index (κ3) is 5.81. The van der Waals surface area contributed by atoms with Crippen molar-refractivity contribution in [3.63, 3.8) is 0 Å². The van der Waals surface area contributed by atoms with Gasteiger partial charge >= 0.3 is 0 Å². The molecule has 4 rings (SSSR count). The zero-order valence-electron chi connectivity index (χ0n) is 21.7. The minimum atomic E-state index is -0.573. The first kappa shape index (κ1) is 26.7. The Bertz CT molecular complexity index is 1420. The van der Waals surface area contributed by atoms with Crippen LogP contribution in [0.15, 0.2) is 59.5 Å². The second kappa shape index (κ2) is 11.8. The van der Waals surface area contributed by atoms with Crippen LogP contribution >= 0.6 is 0 Å². The monoisotopic (exact) mass is 516 g/mol. The minimum absolute atomic E-state index is 0.0425. The molecule has 10 nitrogen and oxygen atoms in total. The van der Waals surface area contributed by atoms with E-state index in [1.54, 1.807) is 38.2 Å². The van der Waals surface area contributed by atoms with Crippen molar-refractivity contribution < 1.29 is 14.4 Å². The Balaban J connectivity index is 1.69. The van der Waals surface area contributed by atoms with E-state index in [4.69, 9.17) is 0 Å². The van der Waals surface area contributed by atoms with E-state index < -0.39 is 17.5 Å². The molecule has 2 atom stereocenters. The van der Waals surface area contributed by atoms with Crippen molar-refractivity contribution in [3.05, 3.63) is 81.8 Å². The maximum Gasteiger partial charge on any atom is 0.278 e. The van der Waals surface area contributed by atoms with Crippen LogP contribution in [0.4, 0.5) is 5.69 Å². The maximum atomic E-state index is 13.5. The van der Waals surface area contributed by atoms with Crippen LogP contribution in [0, 0.1) is 0 Å². The smallest absolute Gasteiger partial charge is 0.278 e. The summed E-state index contributed by atoms with van der Waals surface area (Å²) in [6, 6.07) is 14.0. The fourth-order valence-electron chi connectivity index (χ4n) is 4.56. The number of rotatable bonds is 8. The quantitative estimate of drug-likeness (QED) is 0.362. The Labute approximate surface area is 220 Å². The molecule has 0 bridgehead atoms. The fourth-order valence-corrected chi connectivity index (χ4v) is 4.56. The van der Waals surface area contributed by atoms with Crippen LogP contribution in [0.3, 0.4) is 0 Å². The van der Waals surface area contributed by atoms with Gasteiger partial charge in [0, 0.05) is 18.2 Å². The van der Waals surface area contributed by atoms with Crippen LogP contribution in [0.25, 0.3) is 11.4 Å². The van der Waals surface area contributed by atoms with Gasteiger partial charge in [-0.1, -0.05) is 36.4 Å². The number of carbonyl (C=O) groups excluding carboxylic acids is 3. The predicted molar refractivity (Wildman–Crippen MR) is 145 cm³/mol. The Morgan fingerprint density at radius 2 is 1.89 bits per heavy atom. The standard InChI is InChI=1S/C28H32N6O4/c1-17(29-2)26(36)33-23-15-31-25(19-10-6-11-20(14-19)27(37)30-3)34(28(23)38)16-24(35)32-22-13-7-9-18-8-4-5-12-21(18)22/h4-6,8,10-12,14-15,17,22,29H,7,9,13,16H2,1-3H3,(H,30,37)(H,32,35)(H,33,36)/t17-,22+/m0/s1. The van der Waals surface area contributed by atoms with Gasteiger partial charge < -0.3 is 21.3 Å². The number of anilines is 1. The minimum Gasteiger partial charge on any atom is -0.355 e. The summed E-state index contributed by atoms with van der Waals surface area (Å²) in [5.74, 6) is -0.846. The van der Waals surface area contributed by atoms with Crippen molar-refractivity contribution in [2.75, 3.05) is 19.4 Å². The lowest BCUT2D eigenvalue weighted by Gasteiger charge is -2.26. The molecule has 1 aliphatic carbocycles. The molecule has 4 N–H and O–H groups in total. The van der Waals surface area contributed by atoms with E-state index in [-0.39, 0.29) is 35.9 Å². The van der Waals surface area contributed by atoms with Gasteiger partial charge in [-0.05, 0) is 56.5 Å². The SMILES string of the molecule is CNC(=O)c1cccc(-c2ncc(NC(=O)[C@H](C)NC)c(=O)n2CC(=O)N[C@@H]2CCCc3ccccc32)c1. The van der Waals surface area contributed by atoms with Crippen LogP contribution in [0.1, 0.15) is 47.3 Å². The summed E-state index contributed by atoms with van der Waals surface area (Å²) in [6.45, 7) is 1.35. The molecule has 1 aromatic heterocycles.